The van der Waals surface area contributed by atoms with Gasteiger partial charge in [0.15, 0.2) is 6.61 Å². The van der Waals surface area contributed by atoms with Crippen LogP contribution in [-0.2, 0) is 4.79 Å². The first-order valence-electron chi connectivity index (χ1n) is 5.30. The molecule has 1 aliphatic heterocycles. The molecular formula is C12H14INO2. The van der Waals surface area contributed by atoms with Crippen LogP contribution in [0.25, 0.3) is 0 Å². The van der Waals surface area contributed by atoms with E-state index in [2.05, 4.69) is 29.5 Å². The van der Waals surface area contributed by atoms with Crippen molar-refractivity contribution in [2.75, 3.05) is 22.5 Å². The molecule has 0 spiro atoms. The van der Waals surface area contributed by atoms with Gasteiger partial charge in [-0.15, -0.1) is 0 Å². The molecule has 0 N–H and O–H groups in total. The number of amides is 1. The van der Waals surface area contributed by atoms with Gasteiger partial charge in [-0.05, 0) is 18.1 Å². The van der Waals surface area contributed by atoms with E-state index in [4.69, 9.17) is 4.74 Å². The Bertz CT molecular complexity index is 394. The SMILES string of the molecule is CC(CI)CN1C(=O)COc2ccccc21. The summed E-state index contributed by atoms with van der Waals surface area (Å²) in [7, 11) is 0. The number of fused-ring (bicyclic) bond motifs is 1. The Balaban J connectivity index is 2.26. The molecule has 0 radical (unpaired) electrons. The number of alkyl halides is 1. The maximum absolute atomic E-state index is 11.8. The highest BCUT2D eigenvalue weighted by molar-refractivity contribution is 14.1. The molecule has 1 amide bonds. The first-order chi connectivity index (χ1) is 7.72. The molecule has 86 valence electrons. The molecule has 1 heterocycles. The standard InChI is InChI=1S/C12H14INO2/c1-9(6-13)7-14-10-4-2-3-5-11(10)16-8-12(14)15/h2-5,9H,6-8H2,1H3. The van der Waals surface area contributed by atoms with Crippen LogP contribution in [0.1, 0.15) is 6.92 Å². The highest BCUT2D eigenvalue weighted by Crippen LogP contribution is 2.31. The molecule has 2 rings (SSSR count). The summed E-state index contributed by atoms with van der Waals surface area (Å²) in [6.07, 6.45) is 0. The fraction of sp³-hybridized carbons (Fsp3) is 0.417. The molecule has 1 atom stereocenters. The summed E-state index contributed by atoms with van der Waals surface area (Å²) >= 11 is 2.35. The van der Waals surface area contributed by atoms with E-state index in [1.807, 2.05) is 29.2 Å². The molecule has 4 heteroatoms. The Morgan fingerprint density at radius 1 is 1.50 bits per heavy atom. The Hall–Kier alpha value is -0.780. The lowest BCUT2D eigenvalue weighted by molar-refractivity contribution is -0.121. The third kappa shape index (κ3) is 2.31. The highest BCUT2D eigenvalue weighted by atomic mass is 127. The Labute approximate surface area is 109 Å². The van der Waals surface area contributed by atoms with Crippen LogP contribution in [0.15, 0.2) is 24.3 Å². The number of carbonyl (C=O) groups excluding carboxylic acids is 1. The molecule has 3 nitrogen and oxygen atoms in total. The van der Waals surface area contributed by atoms with E-state index in [-0.39, 0.29) is 12.5 Å². The van der Waals surface area contributed by atoms with Crippen molar-refractivity contribution in [1.82, 2.24) is 0 Å². The Kier molecular flexibility index (Phi) is 3.68. The van der Waals surface area contributed by atoms with Crippen molar-refractivity contribution in [3.05, 3.63) is 24.3 Å². The van der Waals surface area contributed by atoms with E-state index in [0.717, 1.165) is 22.4 Å². The van der Waals surface area contributed by atoms with Crippen LogP contribution in [0.2, 0.25) is 0 Å². The number of hydrogen-bond acceptors (Lipinski definition) is 2. The molecule has 1 aromatic carbocycles. The monoisotopic (exact) mass is 331 g/mol. The topological polar surface area (TPSA) is 29.5 Å². The number of para-hydroxylation sites is 2. The number of halogens is 1. The minimum atomic E-state index is 0.0513. The second-order valence-corrected chi connectivity index (χ2v) is 4.90. The predicted octanol–water partition coefficient (Wildman–Crippen LogP) is 2.48. The van der Waals surface area contributed by atoms with Gasteiger partial charge in [-0.2, -0.15) is 0 Å². The lowest BCUT2D eigenvalue weighted by Crippen LogP contribution is -2.41. The number of ether oxygens (including phenoxy) is 1. The van der Waals surface area contributed by atoms with Crippen molar-refractivity contribution >= 4 is 34.2 Å². The maximum atomic E-state index is 11.8. The van der Waals surface area contributed by atoms with Gasteiger partial charge in [0.25, 0.3) is 5.91 Å². The summed E-state index contributed by atoms with van der Waals surface area (Å²) in [6, 6.07) is 7.70. The quantitative estimate of drug-likeness (QED) is 0.629. The maximum Gasteiger partial charge on any atom is 0.265 e. The zero-order valence-electron chi connectivity index (χ0n) is 9.15. The molecule has 16 heavy (non-hydrogen) atoms. The van der Waals surface area contributed by atoms with Crippen molar-refractivity contribution < 1.29 is 9.53 Å². The van der Waals surface area contributed by atoms with Gasteiger partial charge in [-0.3, -0.25) is 4.79 Å². The second-order valence-electron chi connectivity index (χ2n) is 4.02. The van der Waals surface area contributed by atoms with E-state index in [1.165, 1.54) is 0 Å². The third-order valence-corrected chi connectivity index (χ3v) is 4.07. The van der Waals surface area contributed by atoms with Gasteiger partial charge in [-0.25, -0.2) is 0 Å². The molecular weight excluding hydrogens is 317 g/mol. The van der Waals surface area contributed by atoms with Gasteiger partial charge < -0.3 is 9.64 Å². The Morgan fingerprint density at radius 3 is 3.00 bits per heavy atom. The first kappa shape index (κ1) is 11.7. The van der Waals surface area contributed by atoms with E-state index in [0.29, 0.717) is 5.92 Å². The lowest BCUT2D eigenvalue weighted by atomic mass is 10.1. The van der Waals surface area contributed by atoms with Crippen molar-refractivity contribution in [3.8, 4) is 5.75 Å². The molecule has 0 bridgehead atoms. The summed E-state index contributed by atoms with van der Waals surface area (Å²) in [5, 5.41) is 0. The number of nitrogens with zero attached hydrogens (tertiary/aromatic N) is 1. The zero-order chi connectivity index (χ0) is 11.5. The number of carbonyl (C=O) groups is 1. The molecule has 0 saturated heterocycles. The Morgan fingerprint density at radius 2 is 2.25 bits per heavy atom. The van der Waals surface area contributed by atoms with Gasteiger partial charge in [0.05, 0.1) is 5.69 Å². The fourth-order valence-electron chi connectivity index (χ4n) is 1.71. The van der Waals surface area contributed by atoms with E-state index in [9.17, 15) is 4.79 Å². The molecule has 0 aliphatic carbocycles. The highest BCUT2D eigenvalue weighted by Gasteiger charge is 2.25. The molecule has 1 aliphatic rings. The molecule has 1 aromatic rings. The lowest BCUT2D eigenvalue weighted by Gasteiger charge is -2.30. The summed E-state index contributed by atoms with van der Waals surface area (Å²) in [6.45, 7) is 3.07. The summed E-state index contributed by atoms with van der Waals surface area (Å²) in [5.41, 5.74) is 0.899. The van der Waals surface area contributed by atoms with Gasteiger partial charge in [0, 0.05) is 11.0 Å². The second kappa shape index (κ2) is 5.03. The zero-order valence-corrected chi connectivity index (χ0v) is 11.3. The normalized spacial score (nSPS) is 16.6. The van der Waals surface area contributed by atoms with Crippen LogP contribution < -0.4 is 9.64 Å². The third-order valence-electron chi connectivity index (χ3n) is 2.57. The molecule has 0 saturated carbocycles. The van der Waals surface area contributed by atoms with Crippen LogP contribution in [0.4, 0.5) is 5.69 Å². The summed E-state index contributed by atoms with van der Waals surface area (Å²) in [4.78, 5) is 13.6. The first-order valence-corrected chi connectivity index (χ1v) is 6.83. The van der Waals surface area contributed by atoms with E-state index >= 15 is 0 Å². The van der Waals surface area contributed by atoms with E-state index in [1.54, 1.807) is 0 Å². The molecule has 1 unspecified atom stereocenters. The van der Waals surface area contributed by atoms with Gasteiger partial charge in [0.2, 0.25) is 0 Å². The average molecular weight is 331 g/mol. The van der Waals surface area contributed by atoms with Crippen molar-refractivity contribution in [1.29, 1.82) is 0 Å². The smallest absolute Gasteiger partial charge is 0.265 e. The van der Waals surface area contributed by atoms with Gasteiger partial charge in [-0.1, -0.05) is 41.6 Å². The number of rotatable bonds is 3. The minimum absolute atomic E-state index is 0.0513. The van der Waals surface area contributed by atoms with E-state index < -0.39 is 0 Å². The van der Waals surface area contributed by atoms with Crippen LogP contribution in [0.3, 0.4) is 0 Å². The fourth-order valence-corrected chi connectivity index (χ4v) is 1.99. The van der Waals surface area contributed by atoms with Crippen LogP contribution >= 0.6 is 22.6 Å². The van der Waals surface area contributed by atoms with Crippen molar-refractivity contribution in [2.45, 2.75) is 6.92 Å². The van der Waals surface area contributed by atoms with Crippen LogP contribution in [0, 0.1) is 5.92 Å². The largest absolute Gasteiger partial charge is 0.482 e. The summed E-state index contributed by atoms with van der Waals surface area (Å²) in [5.74, 6) is 1.36. The molecule has 0 aromatic heterocycles. The predicted molar refractivity (Wildman–Crippen MR) is 72.3 cm³/mol. The van der Waals surface area contributed by atoms with Crippen LogP contribution in [0.5, 0.6) is 5.75 Å². The minimum Gasteiger partial charge on any atom is -0.482 e. The number of anilines is 1. The summed E-state index contributed by atoms with van der Waals surface area (Å²) < 4.78 is 6.43. The van der Waals surface area contributed by atoms with Crippen molar-refractivity contribution in [3.63, 3.8) is 0 Å². The van der Waals surface area contributed by atoms with Crippen LogP contribution in [-0.4, -0.2) is 23.5 Å². The van der Waals surface area contributed by atoms with Gasteiger partial charge >= 0.3 is 0 Å². The molecule has 0 fully saturated rings. The van der Waals surface area contributed by atoms with Gasteiger partial charge in [0.1, 0.15) is 5.75 Å². The number of hydrogen-bond donors (Lipinski definition) is 0. The number of benzene rings is 1. The van der Waals surface area contributed by atoms with Crippen molar-refractivity contribution in [2.24, 2.45) is 5.92 Å². The average Bonchev–Trinajstić information content (AvgIpc) is 2.32.